The van der Waals surface area contributed by atoms with Crippen molar-refractivity contribution in [1.82, 2.24) is 0 Å². The highest BCUT2D eigenvalue weighted by Gasteiger charge is 2.34. The van der Waals surface area contributed by atoms with Gasteiger partial charge in [-0.25, -0.2) is 4.79 Å². The van der Waals surface area contributed by atoms with Crippen molar-refractivity contribution in [2.45, 2.75) is 13.1 Å². The van der Waals surface area contributed by atoms with E-state index < -0.39 is 17.7 Å². The molecule has 0 radical (unpaired) electrons. The van der Waals surface area contributed by atoms with E-state index in [-0.39, 0.29) is 16.7 Å². The van der Waals surface area contributed by atoms with Crippen LogP contribution in [0.1, 0.15) is 21.5 Å². The second-order valence-electron chi connectivity index (χ2n) is 4.58. The molecule has 0 aromatic heterocycles. The van der Waals surface area contributed by atoms with Crippen molar-refractivity contribution < 1.29 is 22.7 Å². The fourth-order valence-corrected chi connectivity index (χ4v) is 2.14. The molecule has 0 saturated heterocycles. The lowest BCUT2D eigenvalue weighted by molar-refractivity contribution is -0.137. The van der Waals surface area contributed by atoms with E-state index >= 15 is 0 Å². The van der Waals surface area contributed by atoms with Gasteiger partial charge in [0.2, 0.25) is 0 Å². The Kier molecular flexibility index (Phi) is 4.02. The maximum atomic E-state index is 13.1. The molecule has 0 aliphatic heterocycles. The summed E-state index contributed by atoms with van der Waals surface area (Å²) in [4.78, 5) is 11.8. The maximum absolute atomic E-state index is 13.1. The van der Waals surface area contributed by atoms with Gasteiger partial charge in [0.25, 0.3) is 0 Å². The molecule has 0 aliphatic rings. The van der Waals surface area contributed by atoms with Crippen LogP contribution < -0.4 is 0 Å². The minimum atomic E-state index is -4.49. The number of alkyl halides is 3. The van der Waals surface area contributed by atoms with Crippen LogP contribution in [0.3, 0.4) is 0 Å². The SMILES string of the molecule is COC(=O)c1cc(C)ccc1-c1ccccc1C(F)(F)F. The maximum Gasteiger partial charge on any atom is 0.417 e. The fourth-order valence-electron chi connectivity index (χ4n) is 2.14. The van der Waals surface area contributed by atoms with Crippen molar-refractivity contribution in [2.24, 2.45) is 0 Å². The first kappa shape index (κ1) is 15.1. The zero-order valence-electron chi connectivity index (χ0n) is 11.5. The Balaban J connectivity index is 2.71. The van der Waals surface area contributed by atoms with Crippen LogP contribution in [0.5, 0.6) is 0 Å². The molecule has 0 N–H and O–H groups in total. The number of halogens is 3. The molecule has 0 heterocycles. The number of rotatable bonds is 2. The Morgan fingerprint density at radius 3 is 2.33 bits per heavy atom. The van der Waals surface area contributed by atoms with Crippen molar-refractivity contribution in [3.8, 4) is 11.1 Å². The summed E-state index contributed by atoms with van der Waals surface area (Å²) in [5.74, 6) is -0.661. The summed E-state index contributed by atoms with van der Waals surface area (Å²) in [5.41, 5.74) is 0.280. The monoisotopic (exact) mass is 294 g/mol. The smallest absolute Gasteiger partial charge is 0.417 e. The standard InChI is InChI=1S/C16H13F3O2/c1-10-7-8-11(13(9-10)15(20)21-2)12-5-3-4-6-14(12)16(17,18)19/h3-9H,1-2H3. The summed E-state index contributed by atoms with van der Waals surface area (Å²) in [6, 6.07) is 9.86. The zero-order valence-corrected chi connectivity index (χ0v) is 11.5. The quantitative estimate of drug-likeness (QED) is 0.764. The molecule has 0 amide bonds. The van der Waals surface area contributed by atoms with Gasteiger partial charge in [0.05, 0.1) is 18.2 Å². The average Bonchev–Trinajstić information content (AvgIpc) is 2.45. The Morgan fingerprint density at radius 1 is 1.05 bits per heavy atom. The van der Waals surface area contributed by atoms with E-state index in [1.807, 2.05) is 0 Å². The number of aryl methyl sites for hydroxylation is 1. The van der Waals surface area contributed by atoms with Gasteiger partial charge in [0, 0.05) is 0 Å². The fraction of sp³-hybridized carbons (Fsp3) is 0.188. The van der Waals surface area contributed by atoms with Crippen molar-refractivity contribution >= 4 is 5.97 Å². The number of benzene rings is 2. The summed E-state index contributed by atoms with van der Waals surface area (Å²) in [6.45, 7) is 1.76. The summed E-state index contributed by atoms with van der Waals surface area (Å²) in [5, 5.41) is 0. The van der Waals surface area contributed by atoms with Gasteiger partial charge in [-0.15, -0.1) is 0 Å². The third kappa shape index (κ3) is 3.07. The lowest BCUT2D eigenvalue weighted by atomic mass is 9.94. The number of hydrogen-bond acceptors (Lipinski definition) is 2. The van der Waals surface area contributed by atoms with Crippen LogP contribution in [0, 0.1) is 6.92 Å². The number of ether oxygens (including phenoxy) is 1. The van der Waals surface area contributed by atoms with Crippen LogP contribution in [0.4, 0.5) is 13.2 Å². The van der Waals surface area contributed by atoms with Crippen molar-refractivity contribution in [1.29, 1.82) is 0 Å². The lowest BCUT2D eigenvalue weighted by Crippen LogP contribution is -2.09. The van der Waals surface area contributed by atoms with Crippen LogP contribution in [-0.2, 0) is 10.9 Å². The molecule has 0 unspecified atom stereocenters. The largest absolute Gasteiger partial charge is 0.465 e. The van der Waals surface area contributed by atoms with Gasteiger partial charge in [-0.3, -0.25) is 0 Å². The second-order valence-corrected chi connectivity index (χ2v) is 4.58. The molecule has 2 aromatic rings. The Hall–Kier alpha value is -2.30. The topological polar surface area (TPSA) is 26.3 Å². The molecule has 5 heteroatoms. The van der Waals surface area contributed by atoms with Gasteiger partial charge in [0.1, 0.15) is 0 Å². The summed E-state index contributed by atoms with van der Waals surface area (Å²) < 4.78 is 44.0. The molecule has 0 saturated carbocycles. The van der Waals surface area contributed by atoms with E-state index in [0.717, 1.165) is 11.6 Å². The van der Waals surface area contributed by atoms with Crippen molar-refractivity contribution in [3.05, 3.63) is 59.2 Å². The molecule has 2 rings (SSSR count). The first-order valence-corrected chi connectivity index (χ1v) is 6.20. The molecule has 21 heavy (non-hydrogen) atoms. The Morgan fingerprint density at radius 2 is 1.71 bits per heavy atom. The average molecular weight is 294 g/mol. The van der Waals surface area contributed by atoms with E-state index in [9.17, 15) is 18.0 Å². The molecule has 110 valence electrons. The van der Waals surface area contributed by atoms with Gasteiger partial charge < -0.3 is 4.74 Å². The van der Waals surface area contributed by atoms with Gasteiger partial charge in [-0.05, 0) is 30.2 Å². The number of carbonyl (C=O) groups is 1. The van der Waals surface area contributed by atoms with Crippen LogP contribution in [0.15, 0.2) is 42.5 Å². The van der Waals surface area contributed by atoms with Crippen molar-refractivity contribution in [3.63, 3.8) is 0 Å². The molecule has 0 atom stereocenters. The third-order valence-corrected chi connectivity index (χ3v) is 3.10. The number of hydrogen-bond donors (Lipinski definition) is 0. The van der Waals surface area contributed by atoms with E-state index in [2.05, 4.69) is 4.74 Å². The minimum Gasteiger partial charge on any atom is -0.465 e. The normalized spacial score (nSPS) is 11.3. The second kappa shape index (κ2) is 5.60. The number of esters is 1. The van der Waals surface area contributed by atoms with Gasteiger partial charge in [0.15, 0.2) is 0 Å². The first-order valence-electron chi connectivity index (χ1n) is 6.20. The summed E-state index contributed by atoms with van der Waals surface area (Å²) in [7, 11) is 1.20. The molecule has 0 bridgehead atoms. The predicted molar refractivity (Wildman–Crippen MR) is 73.0 cm³/mol. The molecule has 2 aromatic carbocycles. The molecule has 0 fully saturated rings. The lowest BCUT2D eigenvalue weighted by Gasteiger charge is -2.15. The predicted octanol–water partition coefficient (Wildman–Crippen LogP) is 4.47. The summed E-state index contributed by atoms with van der Waals surface area (Å²) in [6.07, 6.45) is -4.49. The zero-order chi connectivity index (χ0) is 15.6. The summed E-state index contributed by atoms with van der Waals surface area (Å²) >= 11 is 0. The molecule has 0 aliphatic carbocycles. The molecular formula is C16H13F3O2. The number of carbonyl (C=O) groups excluding carboxylic acids is 1. The highest BCUT2D eigenvalue weighted by Crippen LogP contribution is 2.38. The van der Waals surface area contributed by atoms with E-state index in [1.54, 1.807) is 13.0 Å². The van der Waals surface area contributed by atoms with E-state index in [0.29, 0.717) is 0 Å². The van der Waals surface area contributed by atoms with E-state index in [1.165, 1.54) is 37.4 Å². The highest BCUT2D eigenvalue weighted by atomic mass is 19.4. The van der Waals surface area contributed by atoms with Gasteiger partial charge >= 0.3 is 12.1 Å². The third-order valence-electron chi connectivity index (χ3n) is 3.10. The van der Waals surface area contributed by atoms with E-state index in [4.69, 9.17) is 0 Å². The highest BCUT2D eigenvalue weighted by molar-refractivity contribution is 5.98. The van der Waals surface area contributed by atoms with Gasteiger partial charge in [-0.1, -0.05) is 35.9 Å². The van der Waals surface area contributed by atoms with Gasteiger partial charge in [-0.2, -0.15) is 13.2 Å². The molecule has 2 nitrogen and oxygen atoms in total. The van der Waals surface area contributed by atoms with Crippen LogP contribution in [0.2, 0.25) is 0 Å². The molecular weight excluding hydrogens is 281 g/mol. The minimum absolute atomic E-state index is 0.0367. The van der Waals surface area contributed by atoms with Crippen LogP contribution in [-0.4, -0.2) is 13.1 Å². The molecule has 0 spiro atoms. The Labute approximate surface area is 120 Å². The van der Waals surface area contributed by atoms with Crippen LogP contribution in [0.25, 0.3) is 11.1 Å². The van der Waals surface area contributed by atoms with Crippen LogP contribution >= 0.6 is 0 Å². The number of methoxy groups -OCH3 is 1. The first-order chi connectivity index (χ1) is 9.84. The Bertz CT molecular complexity index is 675. The van der Waals surface area contributed by atoms with Crippen molar-refractivity contribution in [2.75, 3.05) is 7.11 Å².